The van der Waals surface area contributed by atoms with E-state index in [-0.39, 0.29) is 11.9 Å². The first-order valence-electron chi connectivity index (χ1n) is 7.23. The van der Waals surface area contributed by atoms with Gasteiger partial charge in [0.25, 0.3) is 5.91 Å². The van der Waals surface area contributed by atoms with Crippen molar-refractivity contribution in [2.75, 3.05) is 13.7 Å². The third-order valence-electron chi connectivity index (χ3n) is 3.07. The number of hydrogen-bond donors (Lipinski definition) is 2. The van der Waals surface area contributed by atoms with Crippen molar-refractivity contribution in [1.82, 2.24) is 5.32 Å². The first kappa shape index (κ1) is 17.3. The number of carbonyl (C=O) groups excluding carboxylic acids is 1. The number of hydrogen-bond acceptors (Lipinski definition) is 4. The minimum atomic E-state index is -0.589. The molecule has 1 aromatic carbocycles. The topological polar surface area (TPSA) is 73.6 Å². The summed E-state index contributed by atoms with van der Waals surface area (Å²) < 4.78 is 11.0. The van der Waals surface area contributed by atoms with Gasteiger partial charge in [0.2, 0.25) is 0 Å². The molecule has 0 spiro atoms. The molecule has 0 fully saturated rings. The van der Waals surface area contributed by atoms with Crippen LogP contribution in [0.1, 0.15) is 39.3 Å². The van der Waals surface area contributed by atoms with Crippen LogP contribution < -0.4 is 20.5 Å². The van der Waals surface area contributed by atoms with Crippen LogP contribution in [0.4, 0.5) is 0 Å². The summed E-state index contributed by atoms with van der Waals surface area (Å²) in [5.74, 6) is 1.51. The van der Waals surface area contributed by atoms with Gasteiger partial charge in [-0.25, -0.2) is 0 Å². The number of nitrogens with two attached hydrogens (primary N) is 1. The zero-order valence-corrected chi connectivity index (χ0v) is 13.5. The summed E-state index contributed by atoms with van der Waals surface area (Å²) in [5.41, 5.74) is 6.78. The van der Waals surface area contributed by atoms with E-state index in [0.717, 1.165) is 5.56 Å². The average molecular weight is 294 g/mol. The summed E-state index contributed by atoms with van der Waals surface area (Å²) in [4.78, 5) is 12.0. The molecule has 0 aliphatic heterocycles. The van der Waals surface area contributed by atoms with E-state index < -0.39 is 6.10 Å². The lowest BCUT2D eigenvalue weighted by Crippen LogP contribution is -2.38. The number of rotatable bonds is 7. The molecule has 21 heavy (non-hydrogen) atoms. The van der Waals surface area contributed by atoms with Gasteiger partial charge in [0, 0.05) is 24.2 Å². The molecule has 0 heterocycles. The number of carbonyl (C=O) groups is 1. The fourth-order valence-electron chi connectivity index (χ4n) is 1.81. The third-order valence-corrected chi connectivity index (χ3v) is 3.07. The summed E-state index contributed by atoms with van der Waals surface area (Å²) in [6, 6.07) is 5.26. The van der Waals surface area contributed by atoms with Crippen LogP contribution >= 0.6 is 0 Å². The highest BCUT2D eigenvalue weighted by atomic mass is 16.5. The summed E-state index contributed by atoms with van der Waals surface area (Å²) in [6.45, 7) is 8.31. The van der Waals surface area contributed by atoms with Gasteiger partial charge in [0.1, 0.15) is 11.5 Å². The normalized spacial score (nSPS) is 13.7. The smallest absolute Gasteiger partial charge is 0.260 e. The van der Waals surface area contributed by atoms with Crippen LogP contribution in [-0.4, -0.2) is 25.7 Å². The summed E-state index contributed by atoms with van der Waals surface area (Å²) in [6.07, 6.45) is -0.589. The molecule has 2 atom stereocenters. The molecule has 0 saturated heterocycles. The second kappa shape index (κ2) is 7.88. The fourth-order valence-corrected chi connectivity index (χ4v) is 1.81. The summed E-state index contributed by atoms with van der Waals surface area (Å²) >= 11 is 0. The van der Waals surface area contributed by atoms with E-state index in [9.17, 15) is 4.79 Å². The van der Waals surface area contributed by atoms with Crippen molar-refractivity contribution in [3.8, 4) is 11.5 Å². The van der Waals surface area contributed by atoms with Gasteiger partial charge in [-0.3, -0.25) is 4.79 Å². The van der Waals surface area contributed by atoms with Crippen LogP contribution in [0.25, 0.3) is 0 Å². The van der Waals surface area contributed by atoms with Crippen molar-refractivity contribution in [2.45, 2.75) is 39.8 Å². The van der Waals surface area contributed by atoms with E-state index in [1.165, 1.54) is 0 Å². The highest BCUT2D eigenvalue weighted by Crippen LogP contribution is 2.29. The maximum absolute atomic E-state index is 12.0. The largest absolute Gasteiger partial charge is 0.497 e. The Morgan fingerprint density at radius 2 is 1.95 bits per heavy atom. The van der Waals surface area contributed by atoms with Gasteiger partial charge in [0.15, 0.2) is 6.10 Å². The number of methoxy groups -OCH3 is 1. The van der Waals surface area contributed by atoms with Crippen LogP contribution in [0.5, 0.6) is 11.5 Å². The number of nitrogens with one attached hydrogen (secondary N) is 1. The highest BCUT2D eigenvalue weighted by molar-refractivity contribution is 5.80. The number of benzene rings is 1. The molecule has 5 nitrogen and oxygen atoms in total. The first-order valence-corrected chi connectivity index (χ1v) is 7.23. The molecule has 1 amide bonds. The molecule has 1 rings (SSSR count). The van der Waals surface area contributed by atoms with Crippen LogP contribution in [0.2, 0.25) is 0 Å². The maximum Gasteiger partial charge on any atom is 0.260 e. The van der Waals surface area contributed by atoms with Crippen LogP contribution in [-0.2, 0) is 4.79 Å². The molecule has 0 bridgehead atoms. The molecule has 5 heteroatoms. The van der Waals surface area contributed by atoms with E-state index in [1.807, 2.05) is 32.9 Å². The lowest BCUT2D eigenvalue weighted by atomic mass is 10.1. The van der Waals surface area contributed by atoms with Crippen molar-refractivity contribution < 1.29 is 14.3 Å². The number of ether oxygens (including phenoxy) is 2. The highest BCUT2D eigenvalue weighted by Gasteiger charge is 2.18. The zero-order chi connectivity index (χ0) is 16.0. The minimum absolute atomic E-state index is 0.137. The Hall–Kier alpha value is -1.75. The van der Waals surface area contributed by atoms with E-state index in [1.54, 1.807) is 20.1 Å². The number of amides is 1. The van der Waals surface area contributed by atoms with E-state index in [0.29, 0.717) is 24.0 Å². The average Bonchev–Trinajstić information content (AvgIpc) is 2.43. The van der Waals surface area contributed by atoms with Crippen LogP contribution in [0.3, 0.4) is 0 Å². The van der Waals surface area contributed by atoms with Crippen molar-refractivity contribution in [3.63, 3.8) is 0 Å². The molecule has 0 aliphatic carbocycles. The van der Waals surface area contributed by atoms with E-state index in [2.05, 4.69) is 5.32 Å². The SMILES string of the molecule is COc1ccc([C@@H](C)N)c(OC(C)C(=O)NCC(C)C)c1. The first-order chi connectivity index (χ1) is 9.85. The summed E-state index contributed by atoms with van der Waals surface area (Å²) in [7, 11) is 1.59. The molecule has 0 aliphatic rings. The van der Waals surface area contributed by atoms with Gasteiger partial charge in [-0.2, -0.15) is 0 Å². The molecule has 0 aromatic heterocycles. The van der Waals surface area contributed by atoms with Crippen LogP contribution in [0.15, 0.2) is 18.2 Å². The molecule has 0 radical (unpaired) electrons. The minimum Gasteiger partial charge on any atom is -0.497 e. The molecular formula is C16H26N2O3. The predicted molar refractivity (Wildman–Crippen MR) is 83.5 cm³/mol. The van der Waals surface area contributed by atoms with Gasteiger partial charge >= 0.3 is 0 Å². The zero-order valence-electron chi connectivity index (χ0n) is 13.5. The van der Waals surface area contributed by atoms with Crippen LogP contribution in [0, 0.1) is 5.92 Å². The van der Waals surface area contributed by atoms with Gasteiger partial charge in [-0.05, 0) is 25.8 Å². The second-order valence-electron chi connectivity index (χ2n) is 5.59. The van der Waals surface area contributed by atoms with Crippen molar-refractivity contribution in [2.24, 2.45) is 11.7 Å². The Morgan fingerprint density at radius 3 is 2.48 bits per heavy atom. The Balaban J connectivity index is 2.82. The Kier molecular flexibility index (Phi) is 6.49. The molecular weight excluding hydrogens is 268 g/mol. The van der Waals surface area contributed by atoms with E-state index in [4.69, 9.17) is 15.2 Å². The molecule has 0 saturated carbocycles. The Bertz CT molecular complexity index is 473. The maximum atomic E-state index is 12.0. The van der Waals surface area contributed by atoms with Gasteiger partial charge in [-0.15, -0.1) is 0 Å². The van der Waals surface area contributed by atoms with Crippen molar-refractivity contribution >= 4 is 5.91 Å². The lowest BCUT2D eigenvalue weighted by molar-refractivity contribution is -0.127. The summed E-state index contributed by atoms with van der Waals surface area (Å²) in [5, 5.41) is 2.85. The molecule has 1 unspecified atom stereocenters. The standard InChI is InChI=1S/C16H26N2O3/c1-10(2)9-18-16(19)12(4)21-15-8-13(20-5)6-7-14(15)11(3)17/h6-8,10-12H,9,17H2,1-5H3,(H,18,19)/t11-,12?/m1/s1. The van der Waals surface area contributed by atoms with E-state index >= 15 is 0 Å². The molecule has 3 N–H and O–H groups in total. The quantitative estimate of drug-likeness (QED) is 0.809. The van der Waals surface area contributed by atoms with Gasteiger partial charge in [-0.1, -0.05) is 19.9 Å². The predicted octanol–water partition coefficient (Wildman–Crippen LogP) is 2.25. The Morgan fingerprint density at radius 1 is 1.29 bits per heavy atom. The third kappa shape index (κ3) is 5.27. The fraction of sp³-hybridized carbons (Fsp3) is 0.562. The second-order valence-corrected chi connectivity index (χ2v) is 5.59. The van der Waals surface area contributed by atoms with Gasteiger partial charge < -0.3 is 20.5 Å². The molecule has 1 aromatic rings. The van der Waals surface area contributed by atoms with Gasteiger partial charge in [0.05, 0.1) is 7.11 Å². The molecule has 118 valence electrons. The lowest BCUT2D eigenvalue weighted by Gasteiger charge is -2.20. The monoisotopic (exact) mass is 294 g/mol. The van der Waals surface area contributed by atoms with Crippen molar-refractivity contribution in [3.05, 3.63) is 23.8 Å². The van der Waals surface area contributed by atoms with Crippen molar-refractivity contribution in [1.29, 1.82) is 0 Å². The Labute approximate surface area is 126 Å².